The van der Waals surface area contributed by atoms with Gasteiger partial charge in [-0.2, -0.15) is 13.1 Å². The standard InChI is InChI=1S/C21H27N7O4S3/c1-6-28(7-2)35(30,31)21-16(29)15(11-33-21)22-19-20(24-18-17(23-19)25-34-26-18)27(5)9-14-8-13(10-32-14)12(3)4/h8,10-12,29H,6-7,9H2,1-5H3,(H,22,23,25). The number of thiophene rings is 1. The van der Waals surface area contributed by atoms with E-state index in [2.05, 4.69) is 37.9 Å². The van der Waals surface area contributed by atoms with Crippen molar-refractivity contribution >= 4 is 61.7 Å². The minimum atomic E-state index is -3.82. The first-order chi connectivity index (χ1) is 16.6. The van der Waals surface area contributed by atoms with Gasteiger partial charge >= 0.3 is 0 Å². The number of sulfonamides is 1. The molecule has 0 aliphatic carbocycles. The summed E-state index contributed by atoms with van der Waals surface area (Å²) in [5.74, 6) is 1.50. The highest BCUT2D eigenvalue weighted by atomic mass is 32.2. The van der Waals surface area contributed by atoms with Crippen molar-refractivity contribution in [3.8, 4) is 5.75 Å². The van der Waals surface area contributed by atoms with Crippen molar-refractivity contribution in [3.05, 3.63) is 29.0 Å². The van der Waals surface area contributed by atoms with Crippen molar-refractivity contribution < 1.29 is 17.9 Å². The number of hydrogen-bond donors (Lipinski definition) is 2. The molecule has 35 heavy (non-hydrogen) atoms. The average molecular weight is 538 g/mol. The molecule has 0 bridgehead atoms. The Kier molecular flexibility index (Phi) is 7.26. The zero-order valence-electron chi connectivity index (χ0n) is 20.0. The molecule has 0 unspecified atom stereocenters. The normalized spacial score (nSPS) is 12.2. The molecule has 0 saturated carbocycles. The molecule has 4 heterocycles. The van der Waals surface area contributed by atoms with Crippen LogP contribution in [0, 0.1) is 0 Å². The fourth-order valence-corrected chi connectivity index (χ4v) is 6.76. The highest BCUT2D eigenvalue weighted by Crippen LogP contribution is 2.41. The molecule has 188 valence electrons. The third-order valence-corrected chi connectivity index (χ3v) is 9.50. The van der Waals surface area contributed by atoms with Crippen LogP contribution in [0.15, 0.2) is 26.3 Å². The lowest BCUT2D eigenvalue weighted by Crippen LogP contribution is -2.30. The predicted octanol–water partition coefficient (Wildman–Crippen LogP) is 4.38. The molecule has 0 aliphatic heterocycles. The molecule has 0 atom stereocenters. The van der Waals surface area contributed by atoms with Gasteiger partial charge in [0.25, 0.3) is 10.0 Å². The first-order valence-corrected chi connectivity index (χ1v) is 14.1. The van der Waals surface area contributed by atoms with E-state index in [-0.39, 0.29) is 15.6 Å². The van der Waals surface area contributed by atoms with Gasteiger partial charge in [0.1, 0.15) is 5.76 Å². The zero-order chi connectivity index (χ0) is 25.3. The lowest BCUT2D eigenvalue weighted by molar-refractivity contribution is 0.434. The van der Waals surface area contributed by atoms with Crippen LogP contribution in [0.4, 0.5) is 17.3 Å². The molecule has 0 amide bonds. The van der Waals surface area contributed by atoms with Gasteiger partial charge < -0.3 is 19.7 Å². The Bertz CT molecular complexity index is 1420. The second-order valence-electron chi connectivity index (χ2n) is 8.16. The van der Waals surface area contributed by atoms with Crippen LogP contribution in [0.2, 0.25) is 0 Å². The van der Waals surface area contributed by atoms with Gasteiger partial charge in [-0.1, -0.05) is 27.7 Å². The van der Waals surface area contributed by atoms with Crippen molar-refractivity contribution in [2.24, 2.45) is 0 Å². The number of furan rings is 1. The topological polar surface area (TPSA) is 138 Å². The molecular formula is C21H27N7O4S3. The largest absolute Gasteiger partial charge is 0.504 e. The lowest BCUT2D eigenvalue weighted by Gasteiger charge is -2.20. The van der Waals surface area contributed by atoms with Crippen LogP contribution in [-0.2, 0) is 16.6 Å². The van der Waals surface area contributed by atoms with Crippen LogP contribution >= 0.6 is 23.1 Å². The second kappa shape index (κ2) is 10.0. The van der Waals surface area contributed by atoms with Gasteiger partial charge in [0.05, 0.1) is 30.2 Å². The molecule has 4 aromatic rings. The van der Waals surface area contributed by atoms with E-state index in [1.54, 1.807) is 25.5 Å². The maximum Gasteiger partial charge on any atom is 0.256 e. The molecule has 0 aliphatic rings. The summed E-state index contributed by atoms with van der Waals surface area (Å²) in [4.78, 5) is 11.0. The number of nitrogens with one attached hydrogen (secondary N) is 1. The number of rotatable bonds is 10. The molecule has 0 spiro atoms. The minimum absolute atomic E-state index is 0.125. The lowest BCUT2D eigenvalue weighted by atomic mass is 10.1. The molecule has 2 N–H and O–H groups in total. The summed E-state index contributed by atoms with van der Waals surface area (Å²) in [6, 6.07) is 2.00. The Balaban J connectivity index is 1.68. The van der Waals surface area contributed by atoms with E-state index in [1.807, 2.05) is 18.0 Å². The molecule has 4 rings (SSSR count). The van der Waals surface area contributed by atoms with E-state index in [4.69, 9.17) is 4.42 Å². The number of anilines is 3. The van der Waals surface area contributed by atoms with E-state index < -0.39 is 10.0 Å². The molecule has 11 nitrogen and oxygen atoms in total. The Labute approximate surface area is 211 Å². The zero-order valence-corrected chi connectivity index (χ0v) is 22.5. The summed E-state index contributed by atoms with van der Waals surface area (Å²) in [5.41, 5.74) is 2.05. The molecule has 4 aromatic heterocycles. The monoisotopic (exact) mass is 537 g/mol. The van der Waals surface area contributed by atoms with Crippen LogP contribution in [-0.4, -0.2) is 56.7 Å². The quantitative estimate of drug-likeness (QED) is 0.300. The van der Waals surface area contributed by atoms with Crippen molar-refractivity contribution in [3.63, 3.8) is 0 Å². The third-order valence-electron chi connectivity index (χ3n) is 5.46. The molecule has 0 saturated heterocycles. The van der Waals surface area contributed by atoms with Crippen LogP contribution in [0.25, 0.3) is 11.3 Å². The summed E-state index contributed by atoms with van der Waals surface area (Å²) < 4.78 is 41.1. The Hall–Kier alpha value is -2.81. The number of aromatic hydroxyl groups is 1. The van der Waals surface area contributed by atoms with Gasteiger partial charge in [0, 0.05) is 25.5 Å². The van der Waals surface area contributed by atoms with Crippen LogP contribution in [0.5, 0.6) is 5.75 Å². The first-order valence-electron chi connectivity index (χ1n) is 11.0. The van der Waals surface area contributed by atoms with Gasteiger partial charge in [-0.15, -0.1) is 11.3 Å². The van der Waals surface area contributed by atoms with Crippen molar-refractivity contribution in [2.75, 3.05) is 30.4 Å². The molecular weight excluding hydrogens is 510 g/mol. The summed E-state index contributed by atoms with van der Waals surface area (Å²) in [5, 5.41) is 15.4. The smallest absolute Gasteiger partial charge is 0.256 e. The van der Waals surface area contributed by atoms with Crippen LogP contribution in [0.1, 0.15) is 44.9 Å². The maximum absolute atomic E-state index is 12.9. The van der Waals surface area contributed by atoms with E-state index >= 15 is 0 Å². The molecule has 0 aromatic carbocycles. The second-order valence-corrected chi connectivity index (χ2v) is 11.7. The van der Waals surface area contributed by atoms with Gasteiger partial charge in [-0.05, 0) is 17.5 Å². The summed E-state index contributed by atoms with van der Waals surface area (Å²) in [6.45, 7) is 8.71. The summed E-state index contributed by atoms with van der Waals surface area (Å²) in [7, 11) is -1.98. The Morgan fingerprint density at radius 1 is 1.17 bits per heavy atom. The SMILES string of the molecule is CCN(CC)S(=O)(=O)c1scc(Nc2nc3nsnc3nc2N(C)Cc2cc(C(C)C)co2)c1O. The van der Waals surface area contributed by atoms with E-state index in [0.29, 0.717) is 48.5 Å². The van der Waals surface area contributed by atoms with Crippen molar-refractivity contribution in [2.45, 2.75) is 44.4 Å². The van der Waals surface area contributed by atoms with Gasteiger partial charge in [0.2, 0.25) is 11.3 Å². The van der Waals surface area contributed by atoms with Gasteiger partial charge in [0.15, 0.2) is 21.6 Å². The number of aromatic nitrogens is 4. The highest BCUT2D eigenvalue weighted by molar-refractivity contribution is 7.91. The summed E-state index contributed by atoms with van der Waals surface area (Å²) >= 11 is 1.94. The fourth-order valence-electron chi connectivity index (χ4n) is 3.49. The van der Waals surface area contributed by atoms with E-state index in [9.17, 15) is 13.5 Å². The Morgan fingerprint density at radius 3 is 2.49 bits per heavy atom. The fraction of sp³-hybridized carbons (Fsp3) is 0.429. The Morgan fingerprint density at radius 2 is 1.86 bits per heavy atom. The van der Waals surface area contributed by atoms with E-state index in [1.165, 1.54) is 4.31 Å². The van der Waals surface area contributed by atoms with Gasteiger partial charge in [-0.3, -0.25) is 0 Å². The highest BCUT2D eigenvalue weighted by Gasteiger charge is 2.29. The van der Waals surface area contributed by atoms with E-state index in [0.717, 1.165) is 34.4 Å². The molecule has 0 radical (unpaired) electrons. The third kappa shape index (κ3) is 4.96. The predicted molar refractivity (Wildman–Crippen MR) is 137 cm³/mol. The van der Waals surface area contributed by atoms with Crippen LogP contribution < -0.4 is 10.2 Å². The molecule has 14 heteroatoms. The summed E-state index contributed by atoms with van der Waals surface area (Å²) in [6.07, 6.45) is 1.74. The molecule has 0 fully saturated rings. The first kappa shape index (κ1) is 25.3. The average Bonchev–Trinajstić information content (AvgIpc) is 3.54. The van der Waals surface area contributed by atoms with Gasteiger partial charge in [-0.25, -0.2) is 18.4 Å². The minimum Gasteiger partial charge on any atom is -0.504 e. The number of fused-ring (bicyclic) bond motifs is 1. The number of hydrogen-bond acceptors (Lipinski definition) is 12. The van der Waals surface area contributed by atoms with Crippen molar-refractivity contribution in [1.29, 1.82) is 0 Å². The van der Waals surface area contributed by atoms with Crippen LogP contribution in [0.3, 0.4) is 0 Å². The number of nitrogens with zero attached hydrogens (tertiary/aromatic N) is 6. The van der Waals surface area contributed by atoms with Crippen molar-refractivity contribution in [1.82, 2.24) is 23.0 Å². The maximum atomic E-state index is 12.9.